The highest BCUT2D eigenvalue weighted by Crippen LogP contribution is 2.22. The number of amides is 1. The fourth-order valence-electron chi connectivity index (χ4n) is 2.43. The highest BCUT2D eigenvalue weighted by molar-refractivity contribution is 7.91. The van der Waals surface area contributed by atoms with E-state index in [1.165, 1.54) is 43.1 Å². The molecule has 8 nitrogen and oxygen atoms in total. The molecule has 27 heavy (non-hydrogen) atoms. The van der Waals surface area contributed by atoms with Gasteiger partial charge < -0.3 is 4.90 Å². The zero-order valence-corrected chi connectivity index (χ0v) is 17.4. The van der Waals surface area contributed by atoms with Crippen LogP contribution in [0.2, 0.25) is 0 Å². The van der Waals surface area contributed by atoms with Gasteiger partial charge in [-0.2, -0.15) is 4.72 Å². The van der Waals surface area contributed by atoms with Crippen LogP contribution in [0.5, 0.6) is 0 Å². The van der Waals surface area contributed by atoms with Crippen LogP contribution in [0, 0.1) is 0 Å². The largest absolute Gasteiger partial charge is 0.338 e. The molecule has 11 heteroatoms. The molecule has 0 bridgehead atoms. The molecule has 0 aliphatic rings. The van der Waals surface area contributed by atoms with Crippen LogP contribution in [-0.2, 0) is 24.8 Å². The minimum absolute atomic E-state index is 0.0563. The van der Waals surface area contributed by atoms with Crippen LogP contribution in [0.15, 0.2) is 50.9 Å². The van der Waals surface area contributed by atoms with Gasteiger partial charge in [-0.3, -0.25) is 4.79 Å². The van der Waals surface area contributed by atoms with Crippen molar-refractivity contribution in [2.75, 3.05) is 7.05 Å². The Bertz CT molecular complexity index is 1020. The third-order valence-electron chi connectivity index (χ3n) is 4.06. The van der Waals surface area contributed by atoms with Gasteiger partial charge in [0.05, 0.1) is 17.0 Å². The first-order valence-corrected chi connectivity index (χ1v) is 11.8. The molecule has 0 spiro atoms. The Morgan fingerprint density at radius 3 is 2.37 bits per heavy atom. The molecular weight excluding hydrogens is 410 g/mol. The van der Waals surface area contributed by atoms with Gasteiger partial charge in [-0.25, -0.2) is 22.0 Å². The first-order valence-electron chi connectivity index (χ1n) is 7.89. The second-order valence-electron chi connectivity index (χ2n) is 6.02. The maximum absolute atomic E-state index is 12.6. The van der Waals surface area contributed by atoms with Crippen molar-refractivity contribution in [3.63, 3.8) is 0 Å². The van der Waals surface area contributed by atoms with Crippen LogP contribution in [0.3, 0.4) is 0 Å². The minimum Gasteiger partial charge on any atom is -0.338 e. The van der Waals surface area contributed by atoms with E-state index in [2.05, 4.69) is 4.72 Å². The van der Waals surface area contributed by atoms with Crippen molar-refractivity contribution in [1.29, 1.82) is 0 Å². The predicted molar refractivity (Wildman–Crippen MR) is 103 cm³/mol. The van der Waals surface area contributed by atoms with Crippen molar-refractivity contribution < 1.29 is 21.6 Å². The minimum atomic E-state index is -3.86. The Kier molecular flexibility index (Phi) is 6.43. The number of rotatable bonds is 7. The molecule has 0 saturated heterocycles. The lowest BCUT2D eigenvalue weighted by Gasteiger charge is -2.28. The molecule has 1 aromatic carbocycles. The number of carbonyl (C=O) groups excluding carboxylic acids is 1. The fourth-order valence-corrected chi connectivity index (χ4v) is 5.20. The third kappa shape index (κ3) is 5.14. The molecule has 1 aromatic heterocycles. The van der Waals surface area contributed by atoms with Crippen molar-refractivity contribution >= 4 is 37.3 Å². The highest BCUT2D eigenvalue weighted by Gasteiger charge is 2.27. The third-order valence-corrected chi connectivity index (χ3v) is 7.91. The number of carbonyl (C=O) groups is 1. The van der Waals surface area contributed by atoms with Crippen molar-refractivity contribution in [1.82, 2.24) is 9.62 Å². The van der Waals surface area contributed by atoms with Crippen LogP contribution in [-0.4, -0.2) is 40.7 Å². The smallest absolute Gasteiger partial charge is 0.250 e. The number of nitrogens with zero attached hydrogens (tertiary/aromatic N) is 1. The zero-order chi connectivity index (χ0) is 20.4. The van der Waals surface area contributed by atoms with Crippen LogP contribution in [0.4, 0.5) is 0 Å². The Hall–Kier alpha value is -1.79. The second-order valence-corrected chi connectivity index (χ2v) is 10.5. The lowest BCUT2D eigenvalue weighted by molar-refractivity contribution is -0.133. The summed E-state index contributed by atoms with van der Waals surface area (Å²) in [5.41, 5.74) is 0.561. The summed E-state index contributed by atoms with van der Waals surface area (Å²) < 4.78 is 50.0. The standard InChI is InChI=1S/C16H21N3O5S3/c1-11(18-27(23,24)15-8-5-9-25-15)16(20)19(3)12(2)13-6-4-7-14(10-13)26(17,21)22/h4-12,18H,1-3H3,(H2,17,21,22). The van der Waals surface area contributed by atoms with E-state index < -0.39 is 38.0 Å². The molecule has 0 saturated carbocycles. The van der Waals surface area contributed by atoms with Gasteiger partial charge in [0, 0.05) is 7.05 Å². The molecule has 2 rings (SSSR count). The van der Waals surface area contributed by atoms with Gasteiger partial charge in [-0.15, -0.1) is 11.3 Å². The van der Waals surface area contributed by atoms with Gasteiger partial charge >= 0.3 is 0 Å². The monoisotopic (exact) mass is 431 g/mol. The Labute approximate surface area is 163 Å². The molecule has 148 valence electrons. The van der Waals surface area contributed by atoms with Crippen molar-refractivity contribution in [3.8, 4) is 0 Å². The summed E-state index contributed by atoms with van der Waals surface area (Å²) in [6.45, 7) is 3.16. The van der Waals surface area contributed by atoms with Gasteiger partial charge in [-0.05, 0) is 43.0 Å². The first kappa shape index (κ1) is 21.5. The molecule has 0 aliphatic heterocycles. The number of hydrogen-bond donors (Lipinski definition) is 2. The summed E-state index contributed by atoms with van der Waals surface area (Å²) in [6, 6.07) is 7.54. The van der Waals surface area contributed by atoms with Crippen LogP contribution >= 0.6 is 11.3 Å². The Balaban J connectivity index is 2.16. The number of likely N-dealkylation sites (N-methyl/N-ethyl adjacent to an activating group) is 1. The van der Waals surface area contributed by atoms with Gasteiger partial charge in [0.25, 0.3) is 10.0 Å². The van der Waals surface area contributed by atoms with Gasteiger partial charge in [0.2, 0.25) is 15.9 Å². The molecule has 0 fully saturated rings. The summed E-state index contributed by atoms with van der Waals surface area (Å²) in [7, 11) is -6.13. The van der Waals surface area contributed by atoms with E-state index in [1.54, 1.807) is 24.4 Å². The van der Waals surface area contributed by atoms with Crippen molar-refractivity contribution in [2.45, 2.75) is 35.0 Å². The maximum atomic E-state index is 12.6. The number of primary sulfonamides is 1. The van der Waals surface area contributed by atoms with E-state index in [0.717, 1.165) is 11.3 Å². The molecule has 1 amide bonds. The van der Waals surface area contributed by atoms with E-state index in [0.29, 0.717) is 5.56 Å². The summed E-state index contributed by atoms with van der Waals surface area (Å²) in [5.74, 6) is -0.455. The normalized spacial score (nSPS) is 14.5. The summed E-state index contributed by atoms with van der Waals surface area (Å²) in [4.78, 5) is 13.9. The van der Waals surface area contributed by atoms with Crippen molar-refractivity contribution in [3.05, 3.63) is 47.3 Å². The molecule has 1 heterocycles. The summed E-state index contributed by atoms with van der Waals surface area (Å²) in [5, 5.41) is 6.77. The average Bonchev–Trinajstić information content (AvgIpc) is 3.14. The average molecular weight is 432 g/mol. The maximum Gasteiger partial charge on any atom is 0.250 e. The molecular formula is C16H21N3O5S3. The van der Waals surface area contributed by atoms with Crippen molar-refractivity contribution in [2.24, 2.45) is 5.14 Å². The summed E-state index contributed by atoms with van der Waals surface area (Å²) in [6.07, 6.45) is 0. The lowest BCUT2D eigenvalue weighted by Crippen LogP contribution is -2.46. The fraction of sp³-hybridized carbons (Fsp3) is 0.312. The van der Waals surface area contributed by atoms with Crippen LogP contribution in [0.1, 0.15) is 25.5 Å². The number of nitrogens with two attached hydrogens (primary N) is 1. The quantitative estimate of drug-likeness (QED) is 0.683. The number of sulfonamides is 2. The summed E-state index contributed by atoms with van der Waals surface area (Å²) >= 11 is 1.05. The number of hydrogen-bond acceptors (Lipinski definition) is 6. The van der Waals surface area contributed by atoms with Gasteiger partial charge in [0.15, 0.2) is 0 Å². The lowest BCUT2D eigenvalue weighted by atomic mass is 10.1. The second kappa shape index (κ2) is 8.07. The van der Waals surface area contributed by atoms with E-state index in [4.69, 9.17) is 5.14 Å². The van der Waals surface area contributed by atoms with Crippen LogP contribution < -0.4 is 9.86 Å². The van der Waals surface area contributed by atoms with E-state index >= 15 is 0 Å². The number of nitrogens with one attached hydrogen (secondary N) is 1. The van der Waals surface area contributed by atoms with Gasteiger partial charge in [0.1, 0.15) is 4.21 Å². The molecule has 0 aliphatic carbocycles. The van der Waals surface area contributed by atoms with E-state index in [1.807, 2.05) is 0 Å². The van der Waals surface area contributed by atoms with E-state index in [-0.39, 0.29) is 9.10 Å². The van der Waals surface area contributed by atoms with E-state index in [9.17, 15) is 21.6 Å². The molecule has 3 N–H and O–H groups in total. The Morgan fingerprint density at radius 1 is 1.15 bits per heavy atom. The SMILES string of the molecule is CC(NS(=O)(=O)c1cccs1)C(=O)N(C)C(C)c1cccc(S(N)(=O)=O)c1. The molecule has 0 radical (unpaired) electrons. The highest BCUT2D eigenvalue weighted by atomic mass is 32.2. The van der Waals surface area contributed by atoms with Crippen LogP contribution in [0.25, 0.3) is 0 Å². The first-order chi connectivity index (χ1) is 12.4. The number of thiophene rings is 1. The zero-order valence-electron chi connectivity index (χ0n) is 15.0. The molecule has 2 unspecified atom stereocenters. The predicted octanol–water partition coefficient (Wildman–Crippen LogP) is 1.28. The molecule has 2 atom stereocenters. The Morgan fingerprint density at radius 2 is 1.81 bits per heavy atom. The topological polar surface area (TPSA) is 127 Å². The number of benzene rings is 1. The molecule has 2 aromatic rings. The van der Waals surface area contributed by atoms with Gasteiger partial charge in [-0.1, -0.05) is 18.2 Å².